The fourth-order valence-corrected chi connectivity index (χ4v) is 2.30. The molecule has 126 valence electrons. The SMILES string of the molecule is CC[C@H](Oc1ccccc1C)C(=O)Nc1ccccc1C(=O)NC. The zero-order chi connectivity index (χ0) is 17.5. The summed E-state index contributed by atoms with van der Waals surface area (Å²) in [5.74, 6) is 0.148. The van der Waals surface area contributed by atoms with E-state index in [-0.39, 0.29) is 11.8 Å². The third kappa shape index (κ3) is 4.13. The van der Waals surface area contributed by atoms with Crippen LogP contribution in [0.25, 0.3) is 0 Å². The summed E-state index contributed by atoms with van der Waals surface area (Å²) < 4.78 is 5.84. The zero-order valence-electron chi connectivity index (χ0n) is 14.1. The highest BCUT2D eigenvalue weighted by atomic mass is 16.5. The van der Waals surface area contributed by atoms with Gasteiger partial charge in [-0.05, 0) is 37.1 Å². The molecule has 0 aliphatic carbocycles. The summed E-state index contributed by atoms with van der Waals surface area (Å²) in [7, 11) is 1.55. The Morgan fingerprint density at radius 3 is 2.42 bits per heavy atom. The van der Waals surface area contributed by atoms with Crippen LogP contribution in [-0.4, -0.2) is 25.0 Å². The molecule has 24 heavy (non-hydrogen) atoms. The quantitative estimate of drug-likeness (QED) is 0.857. The van der Waals surface area contributed by atoms with Crippen molar-refractivity contribution in [3.63, 3.8) is 0 Å². The van der Waals surface area contributed by atoms with Gasteiger partial charge in [0.1, 0.15) is 5.75 Å². The highest BCUT2D eigenvalue weighted by Gasteiger charge is 2.21. The number of anilines is 1. The molecule has 2 rings (SSSR count). The van der Waals surface area contributed by atoms with Crippen LogP contribution in [0.3, 0.4) is 0 Å². The molecule has 2 aromatic carbocycles. The van der Waals surface area contributed by atoms with Crippen LogP contribution in [0, 0.1) is 6.92 Å². The van der Waals surface area contributed by atoms with E-state index in [1.165, 1.54) is 0 Å². The average molecular weight is 326 g/mol. The van der Waals surface area contributed by atoms with Crippen molar-refractivity contribution in [2.75, 3.05) is 12.4 Å². The molecule has 5 nitrogen and oxygen atoms in total. The number of hydrogen-bond acceptors (Lipinski definition) is 3. The van der Waals surface area contributed by atoms with Crippen LogP contribution in [0.2, 0.25) is 0 Å². The van der Waals surface area contributed by atoms with Crippen LogP contribution in [0.15, 0.2) is 48.5 Å². The maximum Gasteiger partial charge on any atom is 0.265 e. The fourth-order valence-electron chi connectivity index (χ4n) is 2.30. The third-order valence-corrected chi connectivity index (χ3v) is 3.68. The molecule has 0 saturated carbocycles. The zero-order valence-corrected chi connectivity index (χ0v) is 14.1. The summed E-state index contributed by atoms with van der Waals surface area (Å²) in [5, 5.41) is 5.36. The van der Waals surface area contributed by atoms with Gasteiger partial charge in [-0.3, -0.25) is 9.59 Å². The van der Waals surface area contributed by atoms with E-state index in [0.717, 1.165) is 5.56 Å². The number of aryl methyl sites for hydroxylation is 1. The van der Waals surface area contributed by atoms with Crippen molar-refractivity contribution in [2.45, 2.75) is 26.4 Å². The second-order valence-electron chi connectivity index (χ2n) is 5.39. The van der Waals surface area contributed by atoms with E-state index in [4.69, 9.17) is 4.74 Å². The Bertz CT molecular complexity index is 728. The van der Waals surface area contributed by atoms with E-state index >= 15 is 0 Å². The third-order valence-electron chi connectivity index (χ3n) is 3.68. The second-order valence-corrected chi connectivity index (χ2v) is 5.39. The van der Waals surface area contributed by atoms with E-state index in [2.05, 4.69) is 10.6 Å². The summed E-state index contributed by atoms with van der Waals surface area (Å²) in [6, 6.07) is 14.4. The van der Waals surface area contributed by atoms with Crippen molar-refractivity contribution in [1.82, 2.24) is 5.32 Å². The first-order valence-electron chi connectivity index (χ1n) is 7.91. The Kier molecular flexibility index (Phi) is 5.95. The number of nitrogens with one attached hydrogen (secondary N) is 2. The minimum absolute atomic E-state index is 0.251. The largest absolute Gasteiger partial charge is 0.480 e. The van der Waals surface area contributed by atoms with Gasteiger partial charge in [-0.25, -0.2) is 0 Å². The summed E-state index contributed by atoms with van der Waals surface area (Å²) in [6.45, 7) is 3.81. The summed E-state index contributed by atoms with van der Waals surface area (Å²) in [5.41, 5.74) is 1.85. The molecule has 2 aromatic rings. The highest BCUT2D eigenvalue weighted by Crippen LogP contribution is 2.20. The Hall–Kier alpha value is -2.82. The molecule has 5 heteroatoms. The molecule has 2 amide bonds. The van der Waals surface area contributed by atoms with E-state index < -0.39 is 6.10 Å². The first-order valence-corrected chi connectivity index (χ1v) is 7.91. The van der Waals surface area contributed by atoms with Gasteiger partial charge < -0.3 is 15.4 Å². The number of hydrogen-bond donors (Lipinski definition) is 2. The minimum atomic E-state index is -0.635. The van der Waals surface area contributed by atoms with Crippen molar-refractivity contribution in [3.05, 3.63) is 59.7 Å². The molecule has 0 spiro atoms. The van der Waals surface area contributed by atoms with E-state index in [9.17, 15) is 9.59 Å². The summed E-state index contributed by atoms with van der Waals surface area (Å²) in [4.78, 5) is 24.5. The fraction of sp³-hybridized carbons (Fsp3) is 0.263. The van der Waals surface area contributed by atoms with Gasteiger partial charge in [-0.15, -0.1) is 0 Å². The molecular formula is C19H22N2O3. The van der Waals surface area contributed by atoms with Gasteiger partial charge in [0.15, 0.2) is 6.10 Å². The van der Waals surface area contributed by atoms with Gasteiger partial charge in [-0.1, -0.05) is 37.3 Å². The van der Waals surface area contributed by atoms with Gasteiger partial charge in [0.25, 0.3) is 11.8 Å². The van der Waals surface area contributed by atoms with Crippen LogP contribution < -0.4 is 15.4 Å². The van der Waals surface area contributed by atoms with Crippen molar-refractivity contribution >= 4 is 17.5 Å². The number of rotatable bonds is 6. The predicted octanol–water partition coefficient (Wildman–Crippen LogP) is 3.15. The number of benzene rings is 2. The summed E-state index contributed by atoms with van der Waals surface area (Å²) >= 11 is 0. The van der Waals surface area contributed by atoms with Crippen LogP contribution in [0.5, 0.6) is 5.75 Å². The Morgan fingerprint density at radius 1 is 1.08 bits per heavy atom. The molecule has 2 N–H and O–H groups in total. The molecule has 0 unspecified atom stereocenters. The lowest BCUT2D eigenvalue weighted by Crippen LogP contribution is -2.33. The van der Waals surface area contributed by atoms with Gasteiger partial charge in [0.05, 0.1) is 11.3 Å². The molecule has 0 fully saturated rings. The molecule has 0 radical (unpaired) electrons. The highest BCUT2D eigenvalue weighted by molar-refractivity contribution is 6.04. The van der Waals surface area contributed by atoms with E-state index in [0.29, 0.717) is 23.4 Å². The lowest BCUT2D eigenvalue weighted by atomic mass is 10.1. The summed E-state index contributed by atoms with van der Waals surface area (Å²) in [6.07, 6.45) is -0.119. The van der Waals surface area contributed by atoms with Gasteiger partial charge >= 0.3 is 0 Å². The number of para-hydroxylation sites is 2. The maximum absolute atomic E-state index is 12.6. The van der Waals surface area contributed by atoms with Crippen LogP contribution in [0.1, 0.15) is 29.3 Å². The maximum atomic E-state index is 12.6. The lowest BCUT2D eigenvalue weighted by molar-refractivity contribution is -0.122. The predicted molar refractivity (Wildman–Crippen MR) is 94.3 cm³/mol. The first kappa shape index (κ1) is 17.5. The van der Waals surface area contributed by atoms with Gasteiger partial charge in [0, 0.05) is 7.05 Å². The van der Waals surface area contributed by atoms with Crippen molar-refractivity contribution in [1.29, 1.82) is 0 Å². The molecule has 1 atom stereocenters. The van der Waals surface area contributed by atoms with Gasteiger partial charge in [-0.2, -0.15) is 0 Å². The minimum Gasteiger partial charge on any atom is -0.480 e. The van der Waals surface area contributed by atoms with Crippen molar-refractivity contribution < 1.29 is 14.3 Å². The molecule has 0 bridgehead atoms. The average Bonchev–Trinajstić information content (AvgIpc) is 2.60. The lowest BCUT2D eigenvalue weighted by Gasteiger charge is -2.19. The first-order chi connectivity index (χ1) is 11.6. The van der Waals surface area contributed by atoms with Crippen molar-refractivity contribution in [2.24, 2.45) is 0 Å². The molecule has 0 aliphatic rings. The molecular weight excluding hydrogens is 304 g/mol. The normalized spacial score (nSPS) is 11.5. The molecule has 0 aromatic heterocycles. The van der Waals surface area contributed by atoms with E-state index in [1.54, 1.807) is 31.3 Å². The standard InChI is InChI=1S/C19H22N2O3/c1-4-16(24-17-12-8-5-9-13(17)2)19(23)21-15-11-7-6-10-14(15)18(22)20-3/h5-12,16H,4H2,1-3H3,(H,20,22)(H,21,23)/t16-/m0/s1. The van der Waals surface area contributed by atoms with E-state index in [1.807, 2.05) is 38.1 Å². The Morgan fingerprint density at radius 2 is 1.75 bits per heavy atom. The monoisotopic (exact) mass is 326 g/mol. The number of amides is 2. The Balaban J connectivity index is 2.16. The molecule has 0 saturated heterocycles. The molecule has 0 heterocycles. The molecule has 0 aliphatic heterocycles. The number of ether oxygens (including phenoxy) is 1. The van der Waals surface area contributed by atoms with Crippen LogP contribution in [-0.2, 0) is 4.79 Å². The smallest absolute Gasteiger partial charge is 0.265 e. The second kappa shape index (κ2) is 8.15. The van der Waals surface area contributed by atoms with Crippen LogP contribution >= 0.6 is 0 Å². The Labute approximate surface area is 142 Å². The topological polar surface area (TPSA) is 67.4 Å². The number of carbonyl (C=O) groups is 2. The number of carbonyl (C=O) groups excluding carboxylic acids is 2. The van der Waals surface area contributed by atoms with Crippen LogP contribution in [0.4, 0.5) is 5.69 Å². The van der Waals surface area contributed by atoms with Gasteiger partial charge in [0.2, 0.25) is 0 Å². The van der Waals surface area contributed by atoms with Crippen molar-refractivity contribution in [3.8, 4) is 5.75 Å².